The number of aryl methyl sites for hydroxylation is 1. The van der Waals surface area contributed by atoms with Crippen LogP contribution in [-0.2, 0) is 9.59 Å². The van der Waals surface area contributed by atoms with Gasteiger partial charge >= 0.3 is 0 Å². The fourth-order valence-corrected chi connectivity index (χ4v) is 3.79. The zero-order valence-electron chi connectivity index (χ0n) is 17.0. The molecule has 1 aliphatic rings. The Labute approximate surface area is 166 Å². The van der Waals surface area contributed by atoms with Crippen LogP contribution >= 0.6 is 0 Å². The highest BCUT2D eigenvalue weighted by molar-refractivity contribution is 6.01. The van der Waals surface area contributed by atoms with Crippen molar-refractivity contribution in [1.29, 1.82) is 0 Å². The summed E-state index contributed by atoms with van der Waals surface area (Å²) in [7, 11) is 1.63. The third kappa shape index (κ3) is 3.88. The lowest BCUT2D eigenvalue weighted by molar-refractivity contribution is -0.127. The summed E-state index contributed by atoms with van der Waals surface area (Å²) in [6.45, 7) is 6.49. The molecular formula is C23H28N2O3. The van der Waals surface area contributed by atoms with Crippen LogP contribution in [0.5, 0.6) is 5.75 Å². The quantitative estimate of drug-likeness (QED) is 0.826. The van der Waals surface area contributed by atoms with Gasteiger partial charge in [0.25, 0.3) is 0 Å². The van der Waals surface area contributed by atoms with Crippen LogP contribution in [0.25, 0.3) is 0 Å². The van der Waals surface area contributed by atoms with Gasteiger partial charge in [-0.15, -0.1) is 0 Å². The lowest BCUT2D eigenvalue weighted by atomic mass is 10.0. The lowest BCUT2D eigenvalue weighted by Crippen LogP contribution is -2.35. The molecule has 1 saturated heterocycles. The van der Waals surface area contributed by atoms with E-state index in [2.05, 4.69) is 5.32 Å². The summed E-state index contributed by atoms with van der Waals surface area (Å²) in [6.07, 6.45) is 0.981. The van der Waals surface area contributed by atoms with Crippen LogP contribution in [0.15, 0.2) is 42.5 Å². The Kier molecular flexibility index (Phi) is 6.02. The van der Waals surface area contributed by atoms with Crippen molar-refractivity contribution >= 4 is 17.5 Å². The number of methoxy groups -OCH3 is 1. The summed E-state index contributed by atoms with van der Waals surface area (Å²) in [5, 5.41) is 3.12. The Balaban J connectivity index is 1.74. The SMILES string of the molecule is CCC(NC(=O)C1CC(=O)N(c2cccc(C)c2C)C1)c1ccccc1OC. The minimum Gasteiger partial charge on any atom is -0.496 e. The third-order valence-corrected chi connectivity index (χ3v) is 5.60. The van der Waals surface area contributed by atoms with Gasteiger partial charge in [-0.05, 0) is 43.5 Å². The van der Waals surface area contributed by atoms with E-state index < -0.39 is 0 Å². The number of benzene rings is 2. The summed E-state index contributed by atoms with van der Waals surface area (Å²) in [4.78, 5) is 27.3. The van der Waals surface area contributed by atoms with Crippen LogP contribution in [0.1, 0.15) is 42.5 Å². The van der Waals surface area contributed by atoms with E-state index in [-0.39, 0.29) is 30.2 Å². The van der Waals surface area contributed by atoms with Crippen molar-refractivity contribution in [2.24, 2.45) is 5.92 Å². The number of amides is 2. The van der Waals surface area contributed by atoms with Gasteiger partial charge < -0.3 is 15.0 Å². The van der Waals surface area contributed by atoms with E-state index in [1.807, 2.05) is 63.2 Å². The molecule has 0 aliphatic carbocycles. The number of carbonyl (C=O) groups is 2. The number of nitrogens with zero attached hydrogens (tertiary/aromatic N) is 1. The molecule has 1 heterocycles. The summed E-state index contributed by atoms with van der Waals surface area (Å²) in [5.74, 6) is 0.323. The number of hydrogen-bond donors (Lipinski definition) is 1. The molecule has 3 rings (SSSR count). The first kappa shape index (κ1) is 19.9. The van der Waals surface area contributed by atoms with Crippen molar-refractivity contribution in [3.05, 3.63) is 59.2 Å². The van der Waals surface area contributed by atoms with Crippen LogP contribution < -0.4 is 15.0 Å². The molecule has 1 fully saturated rings. The van der Waals surface area contributed by atoms with Gasteiger partial charge in [-0.1, -0.05) is 37.3 Å². The van der Waals surface area contributed by atoms with Gasteiger partial charge in [0.1, 0.15) is 5.75 Å². The van der Waals surface area contributed by atoms with Crippen molar-refractivity contribution in [3.8, 4) is 5.75 Å². The van der Waals surface area contributed by atoms with E-state index in [0.29, 0.717) is 6.54 Å². The summed E-state index contributed by atoms with van der Waals surface area (Å²) < 4.78 is 5.44. The first-order valence-corrected chi connectivity index (χ1v) is 9.76. The normalized spacial score (nSPS) is 17.5. The van der Waals surface area contributed by atoms with Gasteiger partial charge in [-0.3, -0.25) is 9.59 Å². The van der Waals surface area contributed by atoms with Gasteiger partial charge in [0, 0.05) is 24.2 Å². The predicted octanol–water partition coefficient (Wildman–Crippen LogP) is 3.93. The molecule has 2 amide bonds. The van der Waals surface area contributed by atoms with Crippen LogP contribution in [-0.4, -0.2) is 25.5 Å². The van der Waals surface area contributed by atoms with E-state index in [9.17, 15) is 9.59 Å². The van der Waals surface area contributed by atoms with E-state index >= 15 is 0 Å². The Morgan fingerprint density at radius 3 is 2.68 bits per heavy atom. The maximum absolute atomic E-state index is 12.9. The first-order chi connectivity index (χ1) is 13.5. The smallest absolute Gasteiger partial charge is 0.227 e. The number of rotatable bonds is 6. The van der Waals surface area contributed by atoms with Gasteiger partial charge in [-0.2, -0.15) is 0 Å². The lowest BCUT2D eigenvalue weighted by Gasteiger charge is -2.22. The van der Waals surface area contributed by atoms with Crippen LogP contribution in [0, 0.1) is 19.8 Å². The number of hydrogen-bond acceptors (Lipinski definition) is 3. The molecule has 0 bridgehead atoms. The average molecular weight is 380 g/mol. The molecule has 0 aromatic heterocycles. The molecule has 1 N–H and O–H groups in total. The number of ether oxygens (including phenoxy) is 1. The van der Waals surface area contributed by atoms with Gasteiger partial charge in [0.2, 0.25) is 11.8 Å². The average Bonchev–Trinajstić information content (AvgIpc) is 3.09. The van der Waals surface area contributed by atoms with Crippen molar-refractivity contribution in [2.75, 3.05) is 18.6 Å². The van der Waals surface area contributed by atoms with Crippen molar-refractivity contribution in [3.63, 3.8) is 0 Å². The fraction of sp³-hybridized carbons (Fsp3) is 0.391. The summed E-state index contributed by atoms with van der Waals surface area (Å²) in [5.41, 5.74) is 4.08. The highest BCUT2D eigenvalue weighted by Crippen LogP contribution is 2.31. The van der Waals surface area contributed by atoms with E-state index in [1.54, 1.807) is 12.0 Å². The Morgan fingerprint density at radius 1 is 1.21 bits per heavy atom. The molecule has 2 atom stereocenters. The van der Waals surface area contributed by atoms with E-state index in [4.69, 9.17) is 4.74 Å². The minimum atomic E-state index is -0.351. The number of carbonyl (C=O) groups excluding carboxylic acids is 2. The summed E-state index contributed by atoms with van der Waals surface area (Å²) >= 11 is 0. The molecule has 148 valence electrons. The second kappa shape index (κ2) is 8.46. The van der Waals surface area contributed by atoms with Crippen molar-refractivity contribution in [2.45, 2.75) is 39.7 Å². The molecule has 5 nitrogen and oxygen atoms in total. The monoisotopic (exact) mass is 380 g/mol. The molecule has 0 radical (unpaired) electrons. The van der Waals surface area contributed by atoms with E-state index in [1.165, 1.54) is 0 Å². The molecule has 2 unspecified atom stereocenters. The molecule has 28 heavy (non-hydrogen) atoms. The van der Waals surface area contributed by atoms with Crippen molar-refractivity contribution in [1.82, 2.24) is 5.32 Å². The van der Waals surface area contributed by atoms with Crippen LogP contribution in [0.4, 0.5) is 5.69 Å². The predicted molar refractivity (Wildman–Crippen MR) is 111 cm³/mol. The topological polar surface area (TPSA) is 58.6 Å². The van der Waals surface area contributed by atoms with Crippen LogP contribution in [0.2, 0.25) is 0 Å². The standard InChI is InChI=1S/C23H28N2O3/c1-5-19(18-10-6-7-12-21(18)28-4)24-23(27)17-13-22(26)25(14-17)20-11-8-9-15(2)16(20)3/h6-12,17,19H,5,13-14H2,1-4H3,(H,24,27). The Morgan fingerprint density at radius 2 is 1.96 bits per heavy atom. The highest BCUT2D eigenvalue weighted by atomic mass is 16.5. The minimum absolute atomic E-state index is 0.000750. The molecule has 2 aromatic carbocycles. The third-order valence-electron chi connectivity index (χ3n) is 5.60. The Bertz CT molecular complexity index is 878. The molecule has 1 aliphatic heterocycles. The van der Waals surface area contributed by atoms with Gasteiger partial charge in [0.05, 0.1) is 19.1 Å². The second-order valence-electron chi connectivity index (χ2n) is 7.34. The van der Waals surface area contributed by atoms with Crippen LogP contribution in [0.3, 0.4) is 0 Å². The first-order valence-electron chi connectivity index (χ1n) is 9.76. The number of para-hydroxylation sites is 1. The highest BCUT2D eigenvalue weighted by Gasteiger charge is 2.36. The molecule has 0 saturated carbocycles. The summed E-state index contributed by atoms with van der Waals surface area (Å²) in [6, 6.07) is 13.5. The molecule has 2 aromatic rings. The zero-order chi connectivity index (χ0) is 20.3. The maximum atomic E-state index is 12.9. The van der Waals surface area contributed by atoms with Gasteiger partial charge in [0.15, 0.2) is 0 Å². The number of nitrogens with one attached hydrogen (secondary N) is 1. The Hall–Kier alpha value is -2.82. The largest absolute Gasteiger partial charge is 0.496 e. The number of anilines is 1. The second-order valence-corrected chi connectivity index (χ2v) is 7.34. The van der Waals surface area contributed by atoms with E-state index in [0.717, 1.165) is 34.5 Å². The van der Waals surface area contributed by atoms with Gasteiger partial charge in [-0.25, -0.2) is 0 Å². The molecular weight excluding hydrogens is 352 g/mol. The maximum Gasteiger partial charge on any atom is 0.227 e. The molecule has 5 heteroatoms. The van der Waals surface area contributed by atoms with Crippen molar-refractivity contribution < 1.29 is 14.3 Å². The molecule has 0 spiro atoms. The zero-order valence-corrected chi connectivity index (χ0v) is 17.0. The fourth-order valence-electron chi connectivity index (χ4n) is 3.79.